The summed E-state index contributed by atoms with van der Waals surface area (Å²) in [5, 5.41) is 20.3. The van der Waals surface area contributed by atoms with E-state index in [9.17, 15) is 19.5 Å². The molecule has 1 aliphatic rings. The van der Waals surface area contributed by atoms with Crippen LogP contribution in [0.1, 0.15) is 16.8 Å². The van der Waals surface area contributed by atoms with Gasteiger partial charge in [-0.3, -0.25) is 14.0 Å². The quantitative estimate of drug-likeness (QED) is 0.767. The number of carbonyl (C=O) groups is 2. The molecule has 0 aliphatic carbocycles. The van der Waals surface area contributed by atoms with Gasteiger partial charge in [-0.05, 0) is 0 Å². The van der Waals surface area contributed by atoms with Crippen molar-refractivity contribution in [3.05, 3.63) is 33.7 Å². The molecule has 3 heterocycles. The summed E-state index contributed by atoms with van der Waals surface area (Å²) in [7, 11) is 0. The predicted molar refractivity (Wildman–Crippen MR) is 72.4 cm³/mol. The van der Waals surface area contributed by atoms with Crippen LogP contribution in [-0.4, -0.2) is 55.1 Å². The highest BCUT2D eigenvalue weighted by atomic mass is 32.1. The number of carbonyl (C=O) groups excluding carboxylic acids is 1. The summed E-state index contributed by atoms with van der Waals surface area (Å²) in [5.74, 6) is -1.93. The largest absolute Gasteiger partial charge is 0.480 e. The van der Waals surface area contributed by atoms with Gasteiger partial charge in [0.05, 0.1) is 6.10 Å². The van der Waals surface area contributed by atoms with Gasteiger partial charge >= 0.3 is 5.97 Å². The Bertz CT molecular complexity index is 783. The number of β-amino-alcohol motifs (C(OH)–C–C–N with tert-alkyl or cyclic N) is 1. The third-order valence-electron chi connectivity index (χ3n) is 3.40. The topological polar surface area (TPSA) is 112 Å². The number of fused-ring (bicyclic) bond motifs is 1. The van der Waals surface area contributed by atoms with Gasteiger partial charge in [0.2, 0.25) is 0 Å². The molecular formula is C12H11N3O5S. The van der Waals surface area contributed by atoms with Crippen molar-refractivity contribution >= 4 is 28.2 Å². The number of amides is 1. The minimum Gasteiger partial charge on any atom is -0.480 e. The molecule has 110 valence electrons. The average Bonchev–Trinajstić information content (AvgIpc) is 3.05. The molecule has 2 N–H and O–H groups in total. The number of aliphatic carboxylic acids is 1. The van der Waals surface area contributed by atoms with E-state index in [2.05, 4.69) is 4.98 Å². The van der Waals surface area contributed by atoms with E-state index in [1.807, 2.05) is 0 Å². The Kier molecular flexibility index (Phi) is 3.22. The Morgan fingerprint density at radius 3 is 2.90 bits per heavy atom. The number of hydrogen-bond acceptors (Lipinski definition) is 6. The number of aromatic nitrogens is 2. The van der Waals surface area contributed by atoms with Crippen molar-refractivity contribution in [1.82, 2.24) is 14.3 Å². The van der Waals surface area contributed by atoms with Crippen molar-refractivity contribution in [2.24, 2.45) is 0 Å². The highest BCUT2D eigenvalue weighted by Gasteiger charge is 2.40. The van der Waals surface area contributed by atoms with E-state index >= 15 is 0 Å². The molecule has 1 fully saturated rings. The third-order valence-corrected chi connectivity index (χ3v) is 4.17. The van der Waals surface area contributed by atoms with E-state index in [4.69, 9.17) is 5.11 Å². The zero-order chi connectivity index (χ0) is 15.1. The molecular weight excluding hydrogens is 298 g/mol. The highest BCUT2D eigenvalue weighted by molar-refractivity contribution is 7.15. The molecule has 0 saturated carbocycles. The Morgan fingerprint density at radius 2 is 2.19 bits per heavy atom. The highest BCUT2D eigenvalue weighted by Crippen LogP contribution is 2.20. The Hall–Kier alpha value is -2.26. The molecule has 3 rings (SSSR count). The number of carboxylic acid groups (broad SMARTS) is 1. The normalized spacial score (nSPS) is 21.9. The summed E-state index contributed by atoms with van der Waals surface area (Å²) in [6, 6.07) is -1.13. The van der Waals surface area contributed by atoms with Crippen LogP contribution in [0.4, 0.5) is 0 Å². The number of hydrogen-bond donors (Lipinski definition) is 2. The molecule has 21 heavy (non-hydrogen) atoms. The molecule has 2 aromatic heterocycles. The number of rotatable bonds is 2. The molecule has 0 radical (unpaired) electrons. The molecule has 0 spiro atoms. The van der Waals surface area contributed by atoms with Crippen LogP contribution in [0.2, 0.25) is 0 Å². The van der Waals surface area contributed by atoms with Crippen LogP contribution in [0.3, 0.4) is 0 Å². The lowest BCUT2D eigenvalue weighted by atomic mass is 10.2. The number of aliphatic hydroxyl groups is 1. The second kappa shape index (κ2) is 4.93. The third kappa shape index (κ3) is 2.20. The zero-order valence-corrected chi connectivity index (χ0v) is 11.5. The first-order valence-corrected chi connectivity index (χ1v) is 7.03. The van der Waals surface area contributed by atoms with Crippen LogP contribution in [0.5, 0.6) is 0 Å². The maximum absolute atomic E-state index is 12.4. The summed E-state index contributed by atoms with van der Waals surface area (Å²) in [4.78, 5) is 41.2. The van der Waals surface area contributed by atoms with Gasteiger partial charge in [-0.25, -0.2) is 9.78 Å². The smallest absolute Gasteiger partial charge is 0.326 e. The summed E-state index contributed by atoms with van der Waals surface area (Å²) in [6.07, 6.45) is 1.70. The minimum atomic E-state index is -1.20. The molecule has 8 nitrogen and oxygen atoms in total. The Balaban J connectivity index is 2.02. The van der Waals surface area contributed by atoms with Gasteiger partial charge in [-0.2, -0.15) is 0 Å². The molecule has 1 unspecified atom stereocenters. The van der Waals surface area contributed by atoms with Crippen LogP contribution in [0.15, 0.2) is 22.6 Å². The van der Waals surface area contributed by atoms with Crippen molar-refractivity contribution < 1.29 is 19.8 Å². The standard InChI is InChI=1S/C12H11N3O5S/c16-6-3-8(11(19)20)15(5-6)10(18)7-4-13-12-14(9(7)17)1-2-21-12/h1-2,4,6,8,16H,3,5H2,(H,19,20)/t6?,8-/m0/s1. The Labute approximate surface area is 121 Å². The lowest BCUT2D eigenvalue weighted by Crippen LogP contribution is -2.42. The van der Waals surface area contributed by atoms with Crippen LogP contribution in [-0.2, 0) is 4.79 Å². The number of thiazole rings is 1. The maximum Gasteiger partial charge on any atom is 0.326 e. The van der Waals surface area contributed by atoms with Crippen LogP contribution in [0.25, 0.3) is 4.96 Å². The number of nitrogens with zero attached hydrogens (tertiary/aromatic N) is 3. The minimum absolute atomic E-state index is 0.0451. The predicted octanol–water partition coefficient (Wildman–Crippen LogP) is -0.584. The van der Waals surface area contributed by atoms with E-state index in [-0.39, 0.29) is 18.5 Å². The fourth-order valence-electron chi connectivity index (χ4n) is 2.40. The summed E-state index contributed by atoms with van der Waals surface area (Å²) < 4.78 is 1.24. The summed E-state index contributed by atoms with van der Waals surface area (Å²) >= 11 is 1.25. The van der Waals surface area contributed by atoms with Crippen LogP contribution < -0.4 is 5.56 Å². The van der Waals surface area contributed by atoms with Crippen molar-refractivity contribution in [2.75, 3.05) is 6.54 Å². The number of likely N-dealkylation sites (tertiary alicyclic amines) is 1. The molecule has 0 bridgehead atoms. The van der Waals surface area contributed by atoms with Gasteiger partial charge in [0.15, 0.2) is 4.96 Å². The average molecular weight is 309 g/mol. The van der Waals surface area contributed by atoms with Crippen LogP contribution >= 0.6 is 11.3 Å². The second-order valence-corrected chi connectivity index (χ2v) is 5.61. The van der Waals surface area contributed by atoms with E-state index in [1.165, 1.54) is 21.9 Å². The van der Waals surface area contributed by atoms with Gasteiger partial charge in [-0.1, -0.05) is 0 Å². The van der Waals surface area contributed by atoms with Gasteiger partial charge in [0.1, 0.15) is 11.6 Å². The van der Waals surface area contributed by atoms with Crippen LogP contribution in [0, 0.1) is 0 Å². The summed E-state index contributed by atoms with van der Waals surface area (Å²) in [5.41, 5.74) is -0.747. The van der Waals surface area contributed by atoms with Crippen molar-refractivity contribution in [3.63, 3.8) is 0 Å². The van der Waals surface area contributed by atoms with Gasteiger partial charge in [-0.15, -0.1) is 11.3 Å². The first-order valence-electron chi connectivity index (χ1n) is 6.15. The van der Waals surface area contributed by atoms with Gasteiger partial charge in [0, 0.05) is 30.7 Å². The first kappa shape index (κ1) is 13.7. The first-order chi connectivity index (χ1) is 9.99. The fourth-order valence-corrected chi connectivity index (χ4v) is 3.07. The molecule has 1 saturated heterocycles. The van der Waals surface area contributed by atoms with E-state index < -0.39 is 29.6 Å². The van der Waals surface area contributed by atoms with E-state index in [0.29, 0.717) is 4.96 Å². The van der Waals surface area contributed by atoms with E-state index in [1.54, 1.807) is 5.38 Å². The Morgan fingerprint density at radius 1 is 1.43 bits per heavy atom. The zero-order valence-electron chi connectivity index (χ0n) is 10.7. The molecule has 1 amide bonds. The monoisotopic (exact) mass is 309 g/mol. The van der Waals surface area contributed by atoms with Crippen molar-refractivity contribution in [2.45, 2.75) is 18.6 Å². The lowest BCUT2D eigenvalue weighted by molar-refractivity contribution is -0.141. The fraction of sp³-hybridized carbons (Fsp3) is 0.333. The van der Waals surface area contributed by atoms with Gasteiger partial charge < -0.3 is 15.1 Å². The molecule has 2 atom stereocenters. The van der Waals surface area contributed by atoms with Crippen molar-refractivity contribution in [3.8, 4) is 0 Å². The van der Waals surface area contributed by atoms with Crippen molar-refractivity contribution in [1.29, 1.82) is 0 Å². The van der Waals surface area contributed by atoms with Gasteiger partial charge in [0.25, 0.3) is 11.5 Å². The van der Waals surface area contributed by atoms with E-state index in [0.717, 1.165) is 11.1 Å². The SMILES string of the molecule is O=C(O)[C@@H]1CC(O)CN1C(=O)c1cnc2sccn2c1=O. The molecule has 0 aromatic carbocycles. The maximum atomic E-state index is 12.4. The lowest BCUT2D eigenvalue weighted by Gasteiger charge is -2.20. The number of carboxylic acids is 1. The molecule has 1 aliphatic heterocycles. The molecule has 9 heteroatoms. The number of aliphatic hydroxyl groups excluding tert-OH is 1. The second-order valence-electron chi connectivity index (χ2n) is 4.73. The summed E-state index contributed by atoms with van der Waals surface area (Å²) in [6.45, 7) is -0.110. The molecule has 2 aromatic rings.